The summed E-state index contributed by atoms with van der Waals surface area (Å²) in [6.45, 7) is 3.83. The van der Waals surface area contributed by atoms with Gasteiger partial charge < -0.3 is 14.8 Å². The van der Waals surface area contributed by atoms with Crippen LogP contribution in [0.25, 0.3) is 0 Å². The monoisotopic (exact) mass is 414 g/mol. The highest BCUT2D eigenvalue weighted by atomic mass is 32.2. The third-order valence-corrected chi connectivity index (χ3v) is 6.30. The SMILES string of the molecule is COc1cc(OC)cc(C(=O)NCC2CCN(Cc3ccccc3SC)CC2)c1. The van der Waals surface area contributed by atoms with Crippen molar-refractivity contribution in [3.63, 3.8) is 0 Å². The molecule has 3 rings (SSSR count). The van der Waals surface area contributed by atoms with Crippen molar-refractivity contribution >= 4 is 17.7 Å². The first-order chi connectivity index (χ1) is 14.1. The lowest BCUT2D eigenvalue weighted by molar-refractivity contribution is 0.0934. The van der Waals surface area contributed by atoms with Gasteiger partial charge in [0.15, 0.2) is 0 Å². The Kier molecular flexibility index (Phi) is 7.83. The van der Waals surface area contributed by atoms with E-state index in [1.165, 1.54) is 10.5 Å². The van der Waals surface area contributed by atoms with Crippen LogP contribution in [-0.2, 0) is 6.54 Å². The van der Waals surface area contributed by atoms with E-state index in [0.29, 0.717) is 29.5 Å². The fourth-order valence-electron chi connectivity index (χ4n) is 3.70. The highest BCUT2D eigenvalue weighted by molar-refractivity contribution is 7.98. The second-order valence-electron chi connectivity index (χ2n) is 7.34. The Morgan fingerprint density at radius 3 is 2.38 bits per heavy atom. The van der Waals surface area contributed by atoms with Crippen LogP contribution in [0, 0.1) is 5.92 Å². The lowest BCUT2D eigenvalue weighted by Gasteiger charge is -2.32. The van der Waals surface area contributed by atoms with Crippen molar-refractivity contribution in [1.29, 1.82) is 0 Å². The van der Waals surface area contributed by atoms with E-state index < -0.39 is 0 Å². The van der Waals surface area contributed by atoms with Gasteiger partial charge in [0.25, 0.3) is 5.91 Å². The molecule has 1 aliphatic rings. The minimum Gasteiger partial charge on any atom is -0.497 e. The topological polar surface area (TPSA) is 50.8 Å². The van der Waals surface area contributed by atoms with Gasteiger partial charge in [0.05, 0.1) is 14.2 Å². The number of amides is 1. The highest BCUT2D eigenvalue weighted by Gasteiger charge is 2.21. The van der Waals surface area contributed by atoms with Gasteiger partial charge in [-0.3, -0.25) is 9.69 Å². The van der Waals surface area contributed by atoms with Crippen molar-refractivity contribution < 1.29 is 14.3 Å². The smallest absolute Gasteiger partial charge is 0.251 e. The maximum Gasteiger partial charge on any atom is 0.251 e. The number of rotatable bonds is 8. The molecule has 5 nitrogen and oxygen atoms in total. The Morgan fingerprint density at radius 2 is 1.76 bits per heavy atom. The van der Waals surface area contributed by atoms with Gasteiger partial charge in [-0.1, -0.05) is 18.2 Å². The number of carbonyl (C=O) groups is 1. The van der Waals surface area contributed by atoms with Crippen LogP contribution in [-0.4, -0.2) is 50.9 Å². The summed E-state index contributed by atoms with van der Waals surface area (Å²) in [5, 5.41) is 3.08. The first kappa shape index (κ1) is 21.5. The molecule has 1 N–H and O–H groups in total. The van der Waals surface area contributed by atoms with Crippen LogP contribution >= 0.6 is 11.8 Å². The second kappa shape index (κ2) is 10.6. The molecule has 6 heteroatoms. The summed E-state index contributed by atoms with van der Waals surface area (Å²) in [7, 11) is 3.17. The maximum absolute atomic E-state index is 12.6. The predicted molar refractivity (Wildman–Crippen MR) is 118 cm³/mol. The molecule has 1 saturated heterocycles. The van der Waals surface area contributed by atoms with Gasteiger partial charge in [-0.2, -0.15) is 0 Å². The van der Waals surface area contributed by atoms with E-state index in [4.69, 9.17) is 9.47 Å². The number of likely N-dealkylation sites (tertiary alicyclic amines) is 1. The zero-order chi connectivity index (χ0) is 20.6. The van der Waals surface area contributed by atoms with Crippen LogP contribution in [0.15, 0.2) is 47.4 Å². The lowest BCUT2D eigenvalue weighted by Crippen LogP contribution is -2.38. The van der Waals surface area contributed by atoms with Gasteiger partial charge in [0.1, 0.15) is 11.5 Å². The molecule has 1 amide bonds. The molecule has 2 aromatic rings. The summed E-state index contributed by atoms with van der Waals surface area (Å²) in [6.07, 6.45) is 4.33. The van der Waals surface area contributed by atoms with Crippen LogP contribution in [0.2, 0.25) is 0 Å². The van der Waals surface area contributed by atoms with Gasteiger partial charge in [-0.15, -0.1) is 11.8 Å². The zero-order valence-electron chi connectivity index (χ0n) is 17.4. The Balaban J connectivity index is 1.48. The quantitative estimate of drug-likeness (QED) is 0.660. The largest absolute Gasteiger partial charge is 0.497 e. The van der Waals surface area contributed by atoms with Crippen molar-refractivity contribution in [3.8, 4) is 11.5 Å². The van der Waals surface area contributed by atoms with Crippen molar-refractivity contribution in [2.75, 3.05) is 40.1 Å². The minimum atomic E-state index is -0.0847. The van der Waals surface area contributed by atoms with Crippen molar-refractivity contribution in [1.82, 2.24) is 10.2 Å². The molecule has 156 valence electrons. The van der Waals surface area contributed by atoms with E-state index in [9.17, 15) is 4.79 Å². The lowest BCUT2D eigenvalue weighted by atomic mass is 9.96. The molecule has 0 saturated carbocycles. The fraction of sp³-hybridized carbons (Fsp3) is 0.435. The molecule has 0 radical (unpaired) electrons. The number of carbonyl (C=O) groups excluding carboxylic acids is 1. The van der Waals surface area contributed by atoms with Crippen molar-refractivity contribution in [3.05, 3.63) is 53.6 Å². The van der Waals surface area contributed by atoms with Crippen molar-refractivity contribution in [2.24, 2.45) is 5.92 Å². The summed E-state index contributed by atoms with van der Waals surface area (Å²) in [5.41, 5.74) is 1.96. The zero-order valence-corrected chi connectivity index (χ0v) is 18.3. The number of nitrogens with one attached hydrogen (secondary N) is 1. The van der Waals surface area contributed by atoms with Gasteiger partial charge >= 0.3 is 0 Å². The predicted octanol–water partition coefficient (Wildman–Crippen LogP) is 4.07. The molecule has 1 heterocycles. The Bertz CT molecular complexity index is 797. The third-order valence-electron chi connectivity index (χ3n) is 5.46. The van der Waals surface area contributed by atoms with E-state index in [2.05, 4.69) is 40.7 Å². The number of ether oxygens (including phenoxy) is 2. The first-order valence-corrected chi connectivity index (χ1v) is 11.2. The van der Waals surface area contributed by atoms with Crippen LogP contribution in [0.1, 0.15) is 28.8 Å². The molecule has 0 atom stereocenters. The summed E-state index contributed by atoms with van der Waals surface area (Å²) < 4.78 is 10.5. The molecule has 0 aliphatic carbocycles. The number of methoxy groups -OCH3 is 2. The van der Waals surface area contributed by atoms with Gasteiger partial charge in [0, 0.05) is 29.6 Å². The third kappa shape index (κ3) is 5.90. The molecule has 0 spiro atoms. The normalized spacial score (nSPS) is 15.1. The molecule has 2 aromatic carbocycles. The van der Waals surface area contributed by atoms with E-state index in [1.807, 2.05) is 0 Å². The summed E-state index contributed by atoms with van der Waals surface area (Å²) in [6, 6.07) is 13.9. The fourth-order valence-corrected chi connectivity index (χ4v) is 4.31. The van der Waals surface area contributed by atoms with Crippen LogP contribution in [0.5, 0.6) is 11.5 Å². The molecule has 1 aliphatic heterocycles. The Labute approximate surface area is 177 Å². The first-order valence-electron chi connectivity index (χ1n) is 9.98. The number of hydrogen-bond acceptors (Lipinski definition) is 5. The van der Waals surface area contributed by atoms with E-state index in [1.54, 1.807) is 44.2 Å². The number of hydrogen-bond donors (Lipinski definition) is 1. The molecule has 0 unspecified atom stereocenters. The number of nitrogens with zero attached hydrogens (tertiary/aromatic N) is 1. The Morgan fingerprint density at radius 1 is 1.10 bits per heavy atom. The number of piperidine rings is 1. The van der Waals surface area contributed by atoms with E-state index >= 15 is 0 Å². The second-order valence-corrected chi connectivity index (χ2v) is 8.19. The average molecular weight is 415 g/mol. The molecule has 1 fully saturated rings. The standard InChI is InChI=1S/C23H30N2O3S/c1-27-20-12-19(13-21(14-20)28-2)23(26)24-15-17-8-10-25(11-9-17)16-18-6-4-5-7-22(18)29-3/h4-7,12-14,17H,8-11,15-16H2,1-3H3,(H,24,26). The molecule has 0 aromatic heterocycles. The van der Waals surface area contributed by atoms with E-state index in [-0.39, 0.29) is 5.91 Å². The van der Waals surface area contributed by atoms with Crippen LogP contribution < -0.4 is 14.8 Å². The summed E-state index contributed by atoms with van der Waals surface area (Å²) in [4.78, 5) is 16.4. The number of benzene rings is 2. The maximum atomic E-state index is 12.6. The minimum absolute atomic E-state index is 0.0847. The van der Waals surface area contributed by atoms with Crippen LogP contribution in [0.4, 0.5) is 0 Å². The van der Waals surface area contributed by atoms with Crippen LogP contribution in [0.3, 0.4) is 0 Å². The van der Waals surface area contributed by atoms with Crippen molar-refractivity contribution in [2.45, 2.75) is 24.3 Å². The van der Waals surface area contributed by atoms with Gasteiger partial charge in [-0.25, -0.2) is 0 Å². The summed E-state index contributed by atoms with van der Waals surface area (Å²) in [5.74, 6) is 1.67. The van der Waals surface area contributed by atoms with Gasteiger partial charge in [-0.05, 0) is 61.9 Å². The summed E-state index contributed by atoms with van der Waals surface area (Å²) >= 11 is 1.81. The Hall–Kier alpha value is -2.18. The van der Waals surface area contributed by atoms with Gasteiger partial charge in [0.2, 0.25) is 0 Å². The van der Waals surface area contributed by atoms with E-state index in [0.717, 1.165) is 32.5 Å². The molecular weight excluding hydrogens is 384 g/mol. The highest BCUT2D eigenvalue weighted by Crippen LogP contribution is 2.25. The molecule has 0 bridgehead atoms. The number of thioether (sulfide) groups is 1. The molecular formula is C23H30N2O3S. The average Bonchev–Trinajstić information content (AvgIpc) is 2.78. The molecule has 29 heavy (non-hydrogen) atoms.